The second-order valence-corrected chi connectivity index (χ2v) is 12.6. The molecule has 2 aromatic rings. The summed E-state index contributed by atoms with van der Waals surface area (Å²) in [7, 11) is -2.26. The molecule has 2 N–H and O–H groups in total. The number of methoxy groups -OCH3 is 1. The highest BCUT2D eigenvalue weighted by atomic mass is 32.2. The molecule has 36 heavy (non-hydrogen) atoms. The first kappa shape index (κ1) is 24.6. The van der Waals surface area contributed by atoms with Crippen molar-refractivity contribution in [2.75, 3.05) is 24.2 Å². The average Bonchev–Trinajstić information content (AvgIpc) is 2.82. The summed E-state index contributed by atoms with van der Waals surface area (Å²) < 4.78 is 31.2. The van der Waals surface area contributed by atoms with Crippen LogP contribution in [0.3, 0.4) is 0 Å². The zero-order valence-electron chi connectivity index (χ0n) is 20.7. The summed E-state index contributed by atoms with van der Waals surface area (Å²) in [5, 5.41) is 14.0. The Kier molecular flexibility index (Phi) is 6.44. The van der Waals surface area contributed by atoms with Gasteiger partial charge in [-0.05, 0) is 91.5 Å². The molecule has 0 heterocycles. The number of nitrogens with one attached hydrogen (secondary N) is 1. The molecule has 4 fully saturated rings. The first-order valence-electron chi connectivity index (χ1n) is 12.4. The second kappa shape index (κ2) is 9.42. The van der Waals surface area contributed by atoms with E-state index >= 15 is 0 Å². The predicted octanol–water partition coefficient (Wildman–Crippen LogP) is 3.78. The fourth-order valence-electron chi connectivity index (χ4n) is 6.99. The largest absolute Gasteiger partial charge is 0.504 e. The molecule has 0 unspecified atom stereocenters. The highest BCUT2D eigenvalue weighted by Crippen LogP contribution is 2.60. The third-order valence-corrected chi connectivity index (χ3v) is 9.28. The van der Waals surface area contributed by atoms with Crippen LogP contribution in [0.4, 0.5) is 5.69 Å². The summed E-state index contributed by atoms with van der Waals surface area (Å²) in [6.07, 6.45) is 10.2. The summed E-state index contributed by atoms with van der Waals surface area (Å²) in [5.41, 5.74) is 4.67. The van der Waals surface area contributed by atoms with Crippen LogP contribution >= 0.6 is 0 Å². The molecule has 0 atom stereocenters. The molecule has 4 bridgehead atoms. The highest BCUT2D eigenvalue weighted by Gasteiger charge is 2.51. The molecule has 2 aromatic carbocycles. The van der Waals surface area contributed by atoms with Crippen molar-refractivity contribution in [2.24, 2.45) is 22.9 Å². The Morgan fingerprint density at radius 1 is 1.11 bits per heavy atom. The molecule has 192 valence electrons. The van der Waals surface area contributed by atoms with E-state index in [1.165, 1.54) is 57.4 Å². The molecule has 8 nitrogen and oxygen atoms in total. The number of phenolic OH excluding ortho intramolecular Hbond substituents is 1. The van der Waals surface area contributed by atoms with Crippen molar-refractivity contribution in [2.45, 2.75) is 43.9 Å². The van der Waals surface area contributed by atoms with E-state index in [-0.39, 0.29) is 16.9 Å². The second-order valence-electron chi connectivity index (χ2n) is 10.7. The van der Waals surface area contributed by atoms with Crippen LogP contribution in [0.5, 0.6) is 11.5 Å². The number of aromatic hydroxyl groups is 1. The van der Waals surface area contributed by atoms with Crippen LogP contribution in [0.2, 0.25) is 0 Å². The van der Waals surface area contributed by atoms with E-state index in [4.69, 9.17) is 4.74 Å². The number of benzene rings is 2. The van der Waals surface area contributed by atoms with E-state index in [0.29, 0.717) is 11.3 Å². The molecule has 4 saturated carbocycles. The first-order chi connectivity index (χ1) is 17.2. The van der Waals surface area contributed by atoms with E-state index in [2.05, 4.69) is 22.7 Å². The van der Waals surface area contributed by atoms with E-state index in [1.807, 2.05) is 12.1 Å². The molecule has 6 rings (SSSR count). The van der Waals surface area contributed by atoms with Crippen molar-refractivity contribution in [3.8, 4) is 11.5 Å². The Labute approximate surface area is 212 Å². The van der Waals surface area contributed by atoms with Gasteiger partial charge in [0.2, 0.25) is 10.0 Å². The van der Waals surface area contributed by atoms with Crippen LogP contribution in [0.25, 0.3) is 0 Å². The Morgan fingerprint density at radius 2 is 1.72 bits per heavy atom. The van der Waals surface area contributed by atoms with Crippen LogP contribution in [-0.2, 0) is 20.2 Å². The third kappa shape index (κ3) is 4.81. The number of phenols is 1. The van der Waals surface area contributed by atoms with Gasteiger partial charge in [-0.2, -0.15) is 5.10 Å². The van der Waals surface area contributed by atoms with Crippen LogP contribution in [0, 0.1) is 17.8 Å². The van der Waals surface area contributed by atoms with Gasteiger partial charge in [-0.3, -0.25) is 9.10 Å². The SMILES string of the molecule is COc1cccc(/C=N/NC(=O)CN(c2ccc(C34CC5CC(CC(C5)C3)C4)cc2)S(C)(=O)=O)c1O. The van der Waals surface area contributed by atoms with Crippen LogP contribution in [0.1, 0.15) is 49.7 Å². The molecule has 0 aliphatic heterocycles. The summed E-state index contributed by atoms with van der Waals surface area (Å²) in [5.74, 6) is 2.06. The van der Waals surface area contributed by atoms with E-state index in [1.54, 1.807) is 18.2 Å². The fraction of sp³-hybridized carbons (Fsp3) is 0.481. The van der Waals surface area contributed by atoms with Crippen molar-refractivity contribution >= 4 is 27.8 Å². The first-order valence-corrected chi connectivity index (χ1v) is 14.3. The number of hydrogen-bond donors (Lipinski definition) is 2. The zero-order valence-corrected chi connectivity index (χ0v) is 21.5. The number of carbonyl (C=O) groups excluding carboxylic acids is 1. The number of rotatable bonds is 8. The van der Waals surface area contributed by atoms with Crippen molar-refractivity contribution in [1.82, 2.24) is 5.43 Å². The van der Waals surface area contributed by atoms with Gasteiger partial charge in [0.25, 0.3) is 5.91 Å². The molecular weight excluding hydrogens is 478 g/mol. The van der Waals surface area contributed by atoms with Crippen LogP contribution in [-0.4, -0.2) is 45.6 Å². The van der Waals surface area contributed by atoms with Gasteiger partial charge in [0.05, 0.1) is 25.3 Å². The minimum Gasteiger partial charge on any atom is -0.504 e. The lowest BCUT2D eigenvalue weighted by atomic mass is 9.48. The average molecular weight is 512 g/mol. The highest BCUT2D eigenvalue weighted by molar-refractivity contribution is 7.92. The van der Waals surface area contributed by atoms with Gasteiger partial charge in [0, 0.05) is 5.56 Å². The lowest BCUT2D eigenvalue weighted by Gasteiger charge is -2.57. The third-order valence-electron chi connectivity index (χ3n) is 8.14. The lowest BCUT2D eigenvalue weighted by Crippen LogP contribution is -2.48. The summed E-state index contributed by atoms with van der Waals surface area (Å²) >= 11 is 0. The molecule has 0 radical (unpaired) electrons. The van der Waals surface area contributed by atoms with Gasteiger partial charge < -0.3 is 9.84 Å². The normalized spacial score (nSPS) is 26.8. The zero-order chi connectivity index (χ0) is 25.5. The standard InChI is InChI=1S/C27H33N3O5S/c1-35-24-5-3-4-21(26(24)32)16-28-29-25(31)17-30(36(2,33)34)23-8-6-22(7-9-23)27-13-18-10-19(14-27)12-20(11-18)15-27/h3-9,16,18-20,32H,10-15,17H2,1-2H3,(H,29,31)/b28-16+. The molecule has 9 heteroatoms. The minimum absolute atomic E-state index is 0.102. The Bertz CT molecular complexity index is 1240. The topological polar surface area (TPSA) is 108 Å². The van der Waals surface area contributed by atoms with Gasteiger partial charge >= 0.3 is 0 Å². The molecule has 4 aliphatic rings. The lowest BCUT2D eigenvalue weighted by molar-refractivity contribution is -0.119. The molecule has 0 aromatic heterocycles. The Hall–Kier alpha value is -3.07. The molecule has 0 spiro atoms. The monoisotopic (exact) mass is 511 g/mol. The van der Waals surface area contributed by atoms with Crippen LogP contribution < -0.4 is 14.5 Å². The maximum Gasteiger partial charge on any atom is 0.260 e. The fourth-order valence-corrected chi connectivity index (χ4v) is 7.85. The van der Waals surface area contributed by atoms with Gasteiger partial charge in [0.1, 0.15) is 6.54 Å². The maximum absolute atomic E-state index is 12.5. The van der Waals surface area contributed by atoms with Gasteiger partial charge in [-0.25, -0.2) is 13.8 Å². The molecular formula is C27H33N3O5S. The van der Waals surface area contributed by atoms with Crippen molar-refractivity contribution in [3.05, 3.63) is 53.6 Å². The smallest absolute Gasteiger partial charge is 0.260 e. The van der Waals surface area contributed by atoms with Crippen molar-refractivity contribution in [3.63, 3.8) is 0 Å². The number of hydrogen-bond acceptors (Lipinski definition) is 6. The van der Waals surface area contributed by atoms with Crippen molar-refractivity contribution in [1.29, 1.82) is 0 Å². The van der Waals surface area contributed by atoms with Gasteiger partial charge in [-0.15, -0.1) is 0 Å². The Morgan fingerprint density at radius 3 is 2.28 bits per heavy atom. The predicted molar refractivity (Wildman–Crippen MR) is 139 cm³/mol. The van der Waals surface area contributed by atoms with E-state index in [0.717, 1.165) is 28.3 Å². The number of hydrazone groups is 1. The number of ether oxygens (including phenoxy) is 1. The number of para-hydroxylation sites is 1. The maximum atomic E-state index is 12.5. The number of nitrogens with zero attached hydrogens (tertiary/aromatic N) is 2. The number of anilines is 1. The quantitative estimate of drug-likeness (QED) is 0.414. The Balaban J connectivity index is 1.28. The van der Waals surface area contributed by atoms with Crippen LogP contribution in [0.15, 0.2) is 47.6 Å². The molecule has 1 amide bonds. The minimum atomic E-state index is -3.70. The number of carbonyl (C=O) groups is 1. The summed E-state index contributed by atoms with van der Waals surface area (Å²) in [6, 6.07) is 12.6. The summed E-state index contributed by atoms with van der Waals surface area (Å²) in [4.78, 5) is 12.5. The number of amides is 1. The van der Waals surface area contributed by atoms with E-state index in [9.17, 15) is 18.3 Å². The van der Waals surface area contributed by atoms with Gasteiger partial charge in [0.15, 0.2) is 11.5 Å². The van der Waals surface area contributed by atoms with Crippen molar-refractivity contribution < 1.29 is 23.1 Å². The number of sulfonamides is 1. The van der Waals surface area contributed by atoms with Gasteiger partial charge in [-0.1, -0.05) is 18.2 Å². The summed E-state index contributed by atoms with van der Waals surface area (Å²) in [6.45, 7) is -0.406. The molecule has 0 saturated heterocycles. The van der Waals surface area contributed by atoms with E-state index < -0.39 is 22.5 Å². The molecule has 4 aliphatic carbocycles.